The van der Waals surface area contributed by atoms with Gasteiger partial charge < -0.3 is 5.73 Å². The Morgan fingerprint density at radius 3 is 2.42 bits per heavy atom. The lowest BCUT2D eigenvalue weighted by atomic mass is 10.1. The number of nitrogens with zero attached hydrogens (tertiary/aromatic N) is 2. The maximum Gasteiger partial charge on any atom is 0.288 e. The molecule has 0 unspecified atom stereocenters. The largest absolute Gasteiger partial charge is 0.329 e. The highest BCUT2D eigenvalue weighted by Gasteiger charge is 2.14. The summed E-state index contributed by atoms with van der Waals surface area (Å²) in [5, 5.41) is 11.1. The summed E-state index contributed by atoms with van der Waals surface area (Å²) in [7, 11) is 0. The second-order valence-electron chi connectivity index (χ2n) is 5.34. The van der Waals surface area contributed by atoms with Gasteiger partial charge in [0.2, 0.25) is 0 Å². The first-order valence-corrected chi connectivity index (χ1v) is 7.87. The summed E-state index contributed by atoms with van der Waals surface area (Å²) in [6.07, 6.45) is 0.913. The Morgan fingerprint density at radius 2 is 1.79 bits per heavy atom. The molecule has 2 N–H and O–H groups in total. The quantitative estimate of drug-likeness (QED) is 0.568. The molecule has 0 fully saturated rings. The van der Waals surface area contributed by atoms with Gasteiger partial charge in [-0.1, -0.05) is 48.0 Å². The smallest absolute Gasteiger partial charge is 0.288 e. The number of hydrogen-bond acceptors (Lipinski definition) is 4. The van der Waals surface area contributed by atoms with E-state index in [1.165, 1.54) is 11.6 Å². The molecule has 24 heavy (non-hydrogen) atoms. The SMILES string of the molecule is Cl.NCCN(CCc1ccccc1)Cc1ccc(Cl)c([N+](=O)[O-])c1. The van der Waals surface area contributed by atoms with Gasteiger partial charge in [-0.05, 0) is 23.6 Å². The van der Waals surface area contributed by atoms with Crippen LogP contribution in [0.3, 0.4) is 0 Å². The van der Waals surface area contributed by atoms with Crippen molar-refractivity contribution in [2.45, 2.75) is 13.0 Å². The first-order valence-electron chi connectivity index (χ1n) is 7.49. The molecular weight excluding hydrogens is 349 g/mol. The van der Waals surface area contributed by atoms with Crippen LogP contribution in [0.1, 0.15) is 11.1 Å². The van der Waals surface area contributed by atoms with Crippen molar-refractivity contribution in [3.63, 3.8) is 0 Å². The molecule has 7 heteroatoms. The van der Waals surface area contributed by atoms with Gasteiger partial charge in [0.05, 0.1) is 4.92 Å². The average molecular weight is 370 g/mol. The summed E-state index contributed by atoms with van der Waals surface area (Å²) in [5.74, 6) is 0. The standard InChI is InChI=1S/C17H20ClN3O2.ClH/c18-16-7-6-15(12-17(16)21(22)23)13-20(11-9-19)10-8-14-4-2-1-3-5-14;/h1-7,12H,8-11,13,19H2;1H. The zero-order chi connectivity index (χ0) is 16.7. The van der Waals surface area contributed by atoms with E-state index < -0.39 is 4.92 Å². The van der Waals surface area contributed by atoms with Crippen molar-refractivity contribution in [2.24, 2.45) is 5.73 Å². The van der Waals surface area contributed by atoms with E-state index in [2.05, 4.69) is 17.0 Å². The normalized spacial score (nSPS) is 10.5. The van der Waals surface area contributed by atoms with E-state index in [0.717, 1.165) is 25.1 Å². The Kier molecular flexibility index (Phi) is 8.71. The van der Waals surface area contributed by atoms with Crippen LogP contribution < -0.4 is 5.73 Å². The fourth-order valence-corrected chi connectivity index (χ4v) is 2.63. The predicted molar refractivity (Wildman–Crippen MR) is 99.8 cm³/mol. The molecule has 0 bridgehead atoms. The van der Waals surface area contributed by atoms with Gasteiger partial charge in [0.1, 0.15) is 5.02 Å². The van der Waals surface area contributed by atoms with Gasteiger partial charge in [0, 0.05) is 32.2 Å². The fraction of sp³-hybridized carbons (Fsp3) is 0.294. The minimum atomic E-state index is -0.455. The number of halogens is 2. The lowest BCUT2D eigenvalue weighted by molar-refractivity contribution is -0.384. The molecule has 0 aromatic heterocycles. The van der Waals surface area contributed by atoms with Gasteiger partial charge >= 0.3 is 0 Å². The maximum absolute atomic E-state index is 11.0. The molecule has 2 aromatic carbocycles. The fourth-order valence-electron chi connectivity index (χ4n) is 2.44. The number of nitro groups is 1. The lowest BCUT2D eigenvalue weighted by Gasteiger charge is -2.21. The molecule has 0 saturated heterocycles. The highest BCUT2D eigenvalue weighted by Crippen LogP contribution is 2.25. The van der Waals surface area contributed by atoms with Crippen LogP contribution in [0.25, 0.3) is 0 Å². The highest BCUT2D eigenvalue weighted by atomic mass is 35.5. The number of rotatable bonds is 8. The van der Waals surface area contributed by atoms with E-state index in [9.17, 15) is 10.1 Å². The van der Waals surface area contributed by atoms with E-state index in [1.54, 1.807) is 6.07 Å². The second-order valence-corrected chi connectivity index (χ2v) is 5.75. The molecule has 2 aromatic rings. The van der Waals surface area contributed by atoms with E-state index in [0.29, 0.717) is 13.1 Å². The third kappa shape index (κ3) is 6.09. The Balaban J connectivity index is 0.00000288. The zero-order valence-corrected chi connectivity index (χ0v) is 14.8. The second kappa shape index (κ2) is 10.3. The van der Waals surface area contributed by atoms with Crippen molar-refractivity contribution in [1.29, 1.82) is 0 Å². The molecule has 130 valence electrons. The van der Waals surface area contributed by atoms with Gasteiger partial charge in [0.25, 0.3) is 5.69 Å². The topological polar surface area (TPSA) is 72.4 Å². The van der Waals surface area contributed by atoms with Crippen LogP contribution in [0.4, 0.5) is 5.69 Å². The van der Waals surface area contributed by atoms with Crippen LogP contribution in [0.2, 0.25) is 5.02 Å². The third-order valence-electron chi connectivity index (χ3n) is 3.62. The molecular formula is C17H21Cl2N3O2. The van der Waals surface area contributed by atoms with Gasteiger partial charge in [-0.25, -0.2) is 0 Å². The molecule has 0 spiro atoms. The molecule has 0 aliphatic heterocycles. The van der Waals surface area contributed by atoms with E-state index in [1.807, 2.05) is 24.3 Å². The summed E-state index contributed by atoms with van der Waals surface area (Å²) in [4.78, 5) is 12.7. The molecule has 0 saturated carbocycles. The number of benzene rings is 2. The summed E-state index contributed by atoms with van der Waals surface area (Å²) in [5.41, 5.74) is 7.75. The summed E-state index contributed by atoms with van der Waals surface area (Å²) in [6.45, 7) is 2.74. The van der Waals surface area contributed by atoms with Crippen LogP contribution in [0, 0.1) is 10.1 Å². The first-order chi connectivity index (χ1) is 11.1. The third-order valence-corrected chi connectivity index (χ3v) is 3.94. The summed E-state index contributed by atoms with van der Waals surface area (Å²) in [6, 6.07) is 15.1. The lowest BCUT2D eigenvalue weighted by Crippen LogP contribution is -2.31. The van der Waals surface area contributed by atoms with Crippen LogP contribution >= 0.6 is 24.0 Å². The summed E-state index contributed by atoms with van der Waals surface area (Å²) < 4.78 is 0. The van der Waals surface area contributed by atoms with Crippen molar-refractivity contribution < 1.29 is 4.92 Å². The van der Waals surface area contributed by atoms with Crippen LogP contribution in [0.15, 0.2) is 48.5 Å². The maximum atomic E-state index is 11.0. The van der Waals surface area contributed by atoms with E-state index >= 15 is 0 Å². The zero-order valence-electron chi connectivity index (χ0n) is 13.2. The molecule has 0 radical (unpaired) electrons. The van der Waals surface area contributed by atoms with E-state index in [-0.39, 0.29) is 23.1 Å². The van der Waals surface area contributed by atoms with Crippen LogP contribution in [-0.4, -0.2) is 29.5 Å². The Hall–Kier alpha value is -1.66. The molecule has 0 amide bonds. The van der Waals surface area contributed by atoms with E-state index in [4.69, 9.17) is 17.3 Å². The number of nitro benzene ring substituents is 1. The van der Waals surface area contributed by atoms with Crippen LogP contribution in [-0.2, 0) is 13.0 Å². The minimum absolute atomic E-state index is 0. The predicted octanol–water partition coefficient (Wildman–Crippen LogP) is 3.67. The monoisotopic (exact) mass is 369 g/mol. The van der Waals surface area contributed by atoms with Crippen molar-refractivity contribution >= 4 is 29.7 Å². The van der Waals surface area contributed by atoms with Crippen molar-refractivity contribution in [3.8, 4) is 0 Å². The highest BCUT2D eigenvalue weighted by molar-refractivity contribution is 6.32. The van der Waals surface area contributed by atoms with Gasteiger partial charge in [-0.2, -0.15) is 0 Å². The minimum Gasteiger partial charge on any atom is -0.329 e. The van der Waals surface area contributed by atoms with Crippen molar-refractivity contribution in [2.75, 3.05) is 19.6 Å². The molecule has 0 aliphatic rings. The molecule has 0 aliphatic carbocycles. The molecule has 2 rings (SSSR count). The molecule has 0 atom stereocenters. The average Bonchev–Trinajstić information content (AvgIpc) is 2.55. The van der Waals surface area contributed by atoms with Crippen molar-refractivity contribution in [1.82, 2.24) is 4.90 Å². The van der Waals surface area contributed by atoms with Gasteiger partial charge in [-0.15, -0.1) is 12.4 Å². The molecule has 0 heterocycles. The van der Waals surface area contributed by atoms with Gasteiger partial charge in [-0.3, -0.25) is 15.0 Å². The van der Waals surface area contributed by atoms with Gasteiger partial charge in [0.15, 0.2) is 0 Å². The number of nitrogens with two attached hydrogens (primary N) is 1. The van der Waals surface area contributed by atoms with Crippen molar-refractivity contribution in [3.05, 3.63) is 74.8 Å². The Bertz CT molecular complexity index is 654. The Morgan fingerprint density at radius 1 is 1.08 bits per heavy atom. The first kappa shape index (κ1) is 20.4. The number of hydrogen-bond donors (Lipinski definition) is 1. The summed E-state index contributed by atoms with van der Waals surface area (Å²) >= 11 is 5.85. The Labute approximate surface area is 153 Å². The van der Waals surface area contributed by atoms with Crippen LogP contribution in [0.5, 0.6) is 0 Å². The molecule has 5 nitrogen and oxygen atoms in total.